The molecule has 0 saturated carbocycles. The first-order valence-corrected chi connectivity index (χ1v) is 19.9. The van der Waals surface area contributed by atoms with E-state index in [9.17, 15) is 15.3 Å². The van der Waals surface area contributed by atoms with Crippen LogP contribution >= 0.6 is 0 Å². The largest absolute Gasteiger partial charge is 0.384 e. The van der Waals surface area contributed by atoms with E-state index in [1.165, 1.54) is 0 Å². The molecule has 3 heteroatoms. The average Bonchev–Trinajstić information content (AvgIpc) is 3.28. The number of benzene rings is 12. The molecule has 12 aromatic carbocycles. The van der Waals surface area contributed by atoms with E-state index >= 15 is 0 Å². The molecule has 274 valence electrons. The molecule has 2 atom stereocenters. The Morgan fingerprint density at radius 2 is 0.483 bits per heavy atom. The Labute approximate surface area is 333 Å². The normalized spacial score (nSPS) is 13.9. The van der Waals surface area contributed by atoms with E-state index in [-0.39, 0.29) is 0 Å². The molecule has 12 rings (SSSR count). The maximum absolute atomic E-state index is 12.5. The van der Waals surface area contributed by atoms with E-state index in [0.717, 1.165) is 120 Å². The first-order valence-electron chi connectivity index (χ1n) is 19.9. The van der Waals surface area contributed by atoms with Crippen LogP contribution in [0.2, 0.25) is 0 Å². The molecule has 0 aliphatic rings. The molecule has 0 radical (unpaired) electrons. The molecule has 0 spiro atoms. The van der Waals surface area contributed by atoms with Crippen LogP contribution < -0.4 is 0 Å². The molecule has 0 amide bonds. The van der Waals surface area contributed by atoms with Crippen molar-refractivity contribution in [3.05, 3.63) is 215 Å². The summed E-state index contributed by atoms with van der Waals surface area (Å²) < 4.78 is 0. The summed E-state index contributed by atoms with van der Waals surface area (Å²) in [5.41, 5.74) is 5.15. The summed E-state index contributed by atoms with van der Waals surface area (Å²) >= 11 is 0. The lowest BCUT2D eigenvalue weighted by Crippen LogP contribution is -2.02. The number of aliphatic hydroxyl groups is 3. The summed E-state index contributed by atoms with van der Waals surface area (Å²) in [5.74, 6) is 0. The zero-order valence-corrected chi connectivity index (χ0v) is 31.4. The third-order valence-electron chi connectivity index (χ3n) is 12.7. The lowest BCUT2D eigenvalue weighted by Gasteiger charge is -2.21. The molecule has 12 aromatic rings. The van der Waals surface area contributed by atoms with Crippen molar-refractivity contribution in [3.63, 3.8) is 0 Å². The molecule has 58 heavy (non-hydrogen) atoms. The molecule has 0 bridgehead atoms. The van der Waals surface area contributed by atoms with Crippen molar-refractivity contribution in [2.24, 2.45) is 0 Å². The van der Waals surface area contributed by atoms with Gasteiger partial charge < -0.3 is 15.3 Å². The van der Waals surface area contributed by atoms with Gasteiger partial charge in [-0.3, -0.25) is 0 Å². The fraction of sp³-hybridized carbons (Fsp3) is 0.0545. The highest BCUT2D eigenvalue weighted by Crippen LogP contribution is 2.46. The number of fused-ring (bicyclic) bond motifs is 4. The molecule has 2 unspecified atom stereocenters. The smallest absolute Gasteiger partial charge is 0.104 e. The van der Waals surface area contributed by atoms with E-state index in [2.05, 4.69) is 121 Å². The zero-order valence-electron chi connectivity index (χ0n) is 31.4. The monoisotopic (exact) mass is 744 g/mol. The maximum atomic E-state index is 12.5. The Kier molecular flexibility index (Phi) is 7.21. The second kappa shape index (κ2) is 12.6. The highest BCUT2D eigenvalue weighted by atomic mass is 16.3. The number of aliphatic hydroxyl groups excluding tert-OH is 3. The third-order valence-corrected chi connectivity index (χ3v) is 12.7. The maximum Gasteiger partial charge on any atom is 0.104 e. The predicted molar refractivity (Wildman–Crippen MR) is 240 cm³/mol. The van der Waals surface area contributed by atoms with Crippen LogP contribution in [0.4, 0.5) is 0 Å². The van der Waals surface area contributed by atoms with Crippen molar-refractivity contribution < 1.29 is 15.3 Å². The first-order chi connectivity index (χ1) is 28.5. The summed E-state index contributed by atoms with van der Waals surface area (Å²) in [6.45, 7) is 0. The Hall–Kier alpha value is -6.88. The van der Waals surface area contributed by atoms with Crippen LogP contribution in [-0.2, 0) is 0 Å². The molecule has 0 saturated heterocycles. The SMILES string of the molecule is OC(c1ccccc1)c1cc2cccc3c4cc(C(O)c5cc6cccc7c8cc(C(O)c9ccccc9)cc9cccc(c(c5)c67)c98)cc5cccc(c(c1)c23)c54. The van der Waals surface area contributed by atoms with Gasteiger partial charge in [0.15, 0.2) is 0 Å². The quantitative estimate of drug-likeness (QED) is 0.117. The number of rotatable bonds is 6. The van der Waals surface area contributed by atoms with Crippen LogP contribution in [-0.4, -0.2) is 15.3 Å². The molecule has 0 heterocycles. The Morgan fingerprint density at radius 1 is 0.224 bits per heavy atom. The Morgan fingerprint density at radius 3 is 0.759 bits per heavy atom. The topological polar surface area (TPSA) is 60.7 Å². The van der Waals surface area contributed by atoms with Gasteiger partial charge in [-0.2, -0.15) is 0 Å². The van der Waals surface area contributed by atoms with E-state index < -0.39 is 18.3 Å². The molecular formula is C55H36O3. The molecule has 0 aliphatic carbocycles. The highest BCUT2D eigenvalue weighted by molar-refractivity contribution is 6.34. The molecule has 0 aromatic heterocycles. The Bertz CT molecular complexity index is 3320. The van der Waals surface area contributed by atoms with Gasteiger partial charge in [0.2, 0.25) is 0 Å². The van der Waals surface area contributed by atoms with Gasteiger partial charge in [-0.05, 0) is 168 Å². The van der Waals surface area contributed by atoms with Gasteiger partial charge in [0, 0.05) is 0 Å². The number of hydrogen-bond acceptors (Lipinski definition) is 3. The fourth-order valence-electron chi connectivity index (χ4n) is 10.0. The van der Waals surface area contributed by atoms with Crippen molar-refractivity contribution in [1.82, 2.24) is 0 Å². The van der Waals surface area contributed by atoms with E-state index in [4.69, 9.17) is 0 Å². The van der Waals surface area contributed by atoms with Crippen molar-refractivity contribution in [2.45, 2.75) is 18.3 Å². The van der Waals surface area contributed by atoms with Crippen LogP contribution in [0.25, 0.3) is 86.2 Å². The minimum absolute atomic E-state index is 0.739. The summed E-state index contributed by atoms with van der Waals surface area (Å²) in [6, 6.07) is 62.5. The van der Waals surface area contributed by atoms with Gasteiger partial charge in [-0.25, -0.2) is 0 Å². The van der Waals surface area contributed by atoms with Crippen LogP contribution in [0.15, 0.2) is 182 Å². The lowest BCUT2D eigenvalue weighted by atomic mass is 9.84. The van der Waals surface area contributed by atoms with Gasteiger partial charge in [0.25, 0.3) is 0 Å². The van der Waals surface area contributed by atoms with Crippen molar-refractivity contribution in [1.29, 1.82) is 0 Å². The third kappa shape index (κ3) is 4.85. The minimum atomic E-state index is -0.874. The van der Waals surface area contributed by atoms with E-state index in [1.807, 2.05) is 60.7 Å². The van der Waals surface area contributed by atoms with E-state index in [0.29, 0.717) is 0 Å². The molecular weight excluding hydrogens is 709 g/mol. The van der Waals surface area contributed by atoms with Crippen LogP contribution in [0, 0.1) is 0 Å². The van der Waals surface area contributed by atoms with Crippen molar-refractivity contribution in [2.75, 3.05) is 0 Å². The molecule has 3 N–H and O–H groups in total. The van der Waals surface area contributed by atoms with Crippen LogP contribution in [0.3, 0.4) is 0 Å². The average molecular weight is 745 g/mol. The van der Waals surface area contributed by atoms with Gasteiger partial charge in [-0.15, -0.1) is 0 Å². The van der Waals surface area contributed by atoms with Gasteiger partial charge in [-0.1, -0.05) is 133 Å². The lowest BCUT2D eigenvalue weighted by molar-refractivity contribution is 0.220. The van der Waals surface area contributed by atoms with Crippen LogP contribution in [0.1, 0.15) is 51.7 Å². The molecule has 0 aliphatic heterocycles. The first kappa shape index (κ1) is 33.3. The molecule has 3 nitrogen and oxygen atoms in total. The minimum Gasteiger partial charge on any atom is -0.384 e. The standard InChI is InChI=1S/C55H36O3/c56-53(31-11-3-1-4-12-31)37-23-33-15-7-21-43-47-29-39(25-35-17-9-19-41(51(35)47)45(27-37)49(33)43)55(58)40-26-36-18-10-20-42-46-28-38(54(57)32-13-5-2-6-14-32)24-34-16-8-22-44(50(34)46)48(30-40)52(36)42/h1-30,53-58H. The second-order valence-electron chi connectivity index (χ2n) is 15.9. The predicted octanol–water partition coefficient (Wildman–Crippen LogP) is 13.0. The molecule has 0 fully saturated rings. The fourth-order valence-corrected chi connectivity index (χ4v) is 10.0. The van der Waals surface area contributed by atoms with Crippen molar-refractivity contribution in [3.8, 4) is 0 Å². The Balaban J connectivity index is 1.04. The summed E-state index contributed by atoms with van der Waals surface area (Å²) in [4.78, 5) is 0. The second-order valence-corrected chi connectivity index (χ2v) is 15.9. The number of hydrogen-bond donors (Lipinski definition) is 3. The van der Waals surface area contributed by atoms with Gasteiger partial charge in [0.1, 0.15) is 18.3 Å². The van der Waals surface area contributed by atoms with Gasteiger partial charge in [0.05, 0.1) is 0 Å². The summed E-state index contributed by atoms with van der Waals surface area (Å²) in [5, 5.41) is 53.3. The highest BCUT2D eigenvalue weighted by Gasteiger charge is 2.22. The van der Waals surface area contributed by atoms with Gasteiger partial charge >= 0.3 is 0 Å². The summed E-state index contributed by atoms with van der Waals surface area (Å²) in [6.07, 6.45) is -2.35. The summed E-state index contributed by atoms with van der Waals surface area (Å²) in [7, 11) is 0. The van der Waals surface area contributed by atoms with Crippen molar-refractivity contribution >= 4 is 86.2 Å². The van der Waals surface area contributed by atoms with Crippen LogP contribution in [0.5, 0.6) is 0 Å². The zero-order chi connectivity index (χ0) is 38.6. The van der Waals surface area contributed by atoms with E-state index in [1.54, 1.807) is 0 Å².